The molecule has 0 heterocycles. The Hall–Kier alpha value is -1.35. The van der Waals surface area contributed by atoms with Crippen molar-refractivity contribution in [3.8, 4) is 0 Å². The number of benzene rings is 1. The van der Waals surface area contributed by atoms with Crippen LogP contribution in [0.5, 0.6) is 0 Å². The molecule has 0 radical (unpaired) electrons. The molecule has 3 nitrogen and oxygen atoms in total. The average Bonchev–Trinajstić information content (AvgIpc) is 3.05. The Morgan fingerprint density at radius 1 is 1.41 bits per heavy atom. The number of hydrogen-bond acceptors (Lipinski definition) is 2. The Morgan fingerprint density at radius 3 is 2.59 bits per heavy atom. The topological polar surface area (TPSA) is 55.1 Å². The Kier molecular flexibility index (Phi) is 3.48. The highest BCUT2D eigenvalue weighted by Crippen LogP contribution is 2.34. The van der Waals surface area contributed by atoms with E-state index in [-0.39, 0.29) is 17.4 Å². The van der Waals surface area contributed by atoms with Gasteiger partial charge in [0.2, 0.25) is 5.91 Å². The van der Waals surface area contributed by atoms with Crippen LogP contribution in [0, 0.1) is 5.92 Å². The highest BCUT2D eigenvalue weighted by atomic mass is 16.2. The number of hydrogen-bond donors (Lipinski definition) is 2. The minimum Gasteiger partial charge on any atom is -0.351 e. The predicted molar refractivity (Wildman–Crippen MR) is 68.5 cm³/mol. The van der Waals surface area contributed by atoms with Gasteiger partial charge in [0.1, 0.15) is 0 Å². The fraction of sp³-hybridized carbons (Fsp3) is 0.500. The molecule has 1 amide bonds. The molecule has 0 spiro atoms. The number of amides is 1. The number of carbonyl (C=O) groups excluding carboxylic acids is 1. The van der Waals surface area contributed by atoms with E-state index < -0.39 is 0 Å². The first kappa shape index (κ1) is 12.1. The standard InChI is InChI=1S/C14H20N2O/c1-14(7-8-14)16-13(17)12(10-15)9-11-5-3-2-4-6-11/h2-6,12H,7-10,15H2,1H3,(H,16,17). The summed E-state index contributed by atoms with van der Waals surface area (Å²) in [4.78, 5) is 12.0. The quantitative estimate of drug-likeness (QED) is 0.807. The van der Waals surface area contributed by atoms with Crippen molar-refractivity contribution in [3.05, 3.63) is 35.9 Å². The molecule has 92 valence electrons. The fourth-order valence-electron chi connectivity index (χ4n) is 1.89. The first-order chi connectivity index (χ1) is 8.13. The fourth-order valence-corrected chi connectivity index (χ4v) is 1.89. The van der Waals surface area contributed by atoms with E-state index in [9.17, 15) is 4.79 Å². The van der Waals surface area contributed by atoms with Crippen LogP contribution in [0.25, 0.3) is 0 Å². The predicted octanol–water partition coefficient (Wildman–Crippen LogP) is 1.47. The van der Waals surface area contributed by atoms with Gasteiger partial charge in [-0.05, 0) is 31.7 Å². The molecule has 1 aromatic rings. The normalized spacial score (nSPS) is 18.5. The summed E-state index contributed by atoms with van der Waals surface area (Å²) >= 11 is 0. The molecule has 1 unspecified atom stereocenters. The molecule has 1 aromatic carbocycles. The summed E-state index contributed by atoms with van der Waals surface area (Å²) in [5.41, 5.74) is 6.91. The van der Waals surface area contributed by atoms with E-state index in [1.165, 1.54) is 5.56 Å². The Balaban J connectivity index is 1.94. The summed E-state index contributed by atoms with van der Waals surface area (Å²) in [6.45, 7) is 2.48. The van der Waals surface area contributed by atoms with Crippen LogP contribution in [0.3, 0.4) is 0 Å². The summed E-state index contributed by atoms with van der Waals surface area (Å²) < 4.78 is 0. The maximum atomic E-state index is 12.0. The smallest absolute Gasteiger partial charge is 0.225 e. The van der Waals surface area contributed by atoms with Gasteiger partial charge in [0.15, 0.2) is 0 Å². The monoisotopic (exact) mass is 232 g/mol. The minimum absolute atomic E-state index is 0.0428. The minimum atomic E-state index is -0.116. The van der Waals surface area contributed by atoms with Gasteiger partial charge in [-0.2, -0.15) is 0 Å². The number of carbonyl (C=O) groups is 1. The molecule has 1 saturated carbocycles. The van der Waals surface area contributed by atoms with Crippen molar-refractivity contribution >= 4 is 5.91 Å². The number of rotatable bonds is 5. The van der Waals surface area contributed by atoms with Crippen LogP contribution < -0.4 is 11.1 Å². The lowest BCUT2D eigenvalue weighted by molar-refractivity contribution is -0.125. The lowest BCUT2D eigenvalue weighted by atomic mass is 9.98. The lowest BCUT2D eigenvalue weighted by Gasteiger charge is -2.18. The number of nitrogens with two attached hydrogens (primary N) is 1. The van der Waals surface area contributed by atoms with E-state index in [4.69, 9.17) is 5.73 Å². The van der Waals surface area contributed by atoms with Gasteiger partial charge >= 0.3 is 0 Å². The van der Waals surface area contributed by atoms with Gasteiger partial charge in [-0.3, -0.25) is 4.79 Å². The second-order valence-electron chi connectivity index (χ2n) is 5.17. The zero-order valence-electron chi connectivity index (χ0n) is 10.3. The summed E-state index contributed by atoms with van der Waals surface area (Å²) in [5, 5.41) is 3.08. The molecular weight excluding hydrogens is 212 g/mol. The second-order valence-corrected chi connectivity index (χ2v) is 5.17. The Bertz CT molecular complexity index is 384. The van der Waals surface area contributed by atoms with E-state index in [0.717, 1.165) is 19.3 Å². The van der Waals surface area contributed by atoms with Gasteiger partial charge in [-0.25, -0.2) is 0 Å². The molecular formula is C14H20N2O. The van der Waals surface area contributed by atoms with Crippen LogP contribution in [0.15, 0.2) is 30.3 Å². The molecule has 1 aliphatic carbocycles. The third-order valence-electron chi connectivity index (χ3n) is 3.41. The lowest BCUT2D eigenvalue weighted by Crippen LogP contribution is -2.42. The molecule has 2 rings (SSSR count). The van der Waals surface area contributed by atoms with Crippen molar-refractivity contribution in [2.45, 2.75) is 31.7 Å². The largest absolute Gasteiger partial charge is 0.351 e. The first-order valence-electron chi connectivity index (χ1n) is 6.19. The zero-order chi connectivity index (χ0) is 12.3. The van der Waals surface area contributed by atoms with Crippen molar-refractivity contribution in [2.24, 2.45) is 11.7 Å². The van der Waals surface area contributed by atoms with E-state index in [1.807, 2.05) is 30.3 Å². The van der Waals surface area contributed by atoms with Crippen LogP contribution in [0.1, 0.15) is 25.3 Å². The van der Waals surface area contributed by atoms with Gasteiger partial charge in [-0.1, -0.05) is 30.3 Å². The van der Waals surface area contributed by atoms with Gasteiger partial charge in [-0.15, -0.1) is 0 Å². The Labute approximate surface area is 102 Å². The molecule has 0 aromatic heterocycles. The first-order valence-corrected chi connectivity index (χ1v) is 6.19. The van der Waals surface area contributed by atoms with Crippen LogP contribution in [-0.2, 0) is 11.2 Å². The second kappa shape index (κ2) is 4.88. The van der Waals surface area contributed by atoms with Crippen molar-refractivity contribution in [2.75, 3.05) is 6.54 Å². The van der Waals surface area contributed by atoms with E-state index in [2.05, 4.69) is 12.2 Å². The molecule has 17 heavy (non-hydrogen) atoms. The van der Waals surface area contributed by atoms with Crippen molar-refractivity contribution in [3.63, 3.8) is 0 Å². The zero-order valence-corrected chi connectivity index (χ0v) is 10.3. The van der Waals surface area contributed by atoms with Gasteiger partial charge in [0.25, 0.3) is 0 Å². The maximum Gasteiger partial charge on any atom is 0.225 e. The molecule has 3 N–H and O–H groups in total. The highest BCUT2D eigenvalue weighted by molar-refractivity contribution is 5.80. The summed E-state index contributed by atoms with van der Waals surface area (Å²) in [6.07, 6.45) is 2.89. The van der Waals surface area contributed by atoms with Gasteiger partial charge in [0.05, 0.1) is 5.92 Å². The third-order valence-corrected chi connectivity index (χ3v) is 3.41. The molecule has 1 atom stereocenters. The molecule has 1 aliphatic rings. The van der Waals surface area contributed by atoms with Gasteiger partial charge < -0.3 is 11.1 Å². The van der Waals surface area contributed by atoms with E-state index in [1.54, 1.807) is 0 Å². The van der Waals surface area contributed by atoms with E-state index >= 15 is 0 Å². The van der Waals surface area contributed by atoms with Crippen LogP contribution >= 0.6 is 0 Å². The van der Waals surface area contributed by atoms with Crippen molar-refractivity contribution in [1.29, 1.82) is 0 Å². The average molecular weight is 232 g/mol. The van der Waals surface area contributed by atoms with Gasteiger partial charge in [0, 0.05) is 12.1 Å². The maximum absolute atomic E-state index is 12.0. The molecule has 3 heteroatoms. The summed E-state index contributed by atoms with van der Waals surface area (Å²) in [6, 6.07) is 10.0. The summed E-state index contributed by atoms with van der Waals surface area (Å²) in [5.74, 6) is -0.0221. The number of nitrogens with one attached hydrogen (secondary N) is 1. The molecule has 0 aliphatic heterocycles. The molecule has 0 saturated heterocycles. The van der Waals surface area contributed by atoms with Crippen molar-refractivity contribution < 1.29 is 4.79 Å². The molecule has 1 fully saturated rings. The van der Waals surface area contributed by atoms with Crippen LogP contribution in [0.4, 0.5) is 0 Å². The SMILES string of the molecule is CC1(NC(=O)C(CN)Cc2ccccc2)CC1. The third kappa shape index (κ3) is 3.30. The van der Waals surface area contributed by atoms with Crippen molar-refractivity contribution in [1.82, 2.24) is 5.32 Å². The highest BCUT2D eigenvalue weighted by Gasteiger charge is 2.39. The van der Waals surface area contributed by atoms with Crippen LogP contribution in [0.2, 0.25) is 0 Å². The Morgan fingerprint density at radius 2 is 2.06 bits per heavy atom. The summed E-state index contributed by atoms with van der Waals surface area (Å²) in [7, 11) is 0. The van der Waals surface area contributed by atoms with E-state index in [0.29, 0.717) is 6.54 Å². The van der Waals surface area contributed by atoms with Crippen LogP contribution in [-0.4, -0.2) is 18.0 Å². The molecule has 0 bridgehead atoms.